The lowest BCUT2D eigenvalue weighted by Crippen LogP contribution is -2.51. The van der Waals surface area contributed by atoms with Crippen LogP contribution in [0, 0.1) is 81.4 Å². The summed E-state index contributed by atoms with van der Waals surface area (Å²) >= 11 is -3.44. The van der Waals surface area contributed by atoms with Gasteiger partial charge in [0.25, 0.3) is 5.85 Å². The Morgan fingerprint density at radius 2 is 0.800 bits per heavy atom. The topological polar surface area (TPSA) is 36.9 Å². The van der Waals surface area contributed by atoms with Gasteiger partial charge in [0, 0.05) is 5.56 Å². The zero-order valence-electron chi connectivity index (χ0n) is 27.2. The Hall–Kier alpha value is -4.07. The van der Waals surface area contributed by atoms with Crippen LogP contribution in [0.15, 0.2) is 29.4 Å². The van der Waals surface area contributed by atoms with Crippen LogP contribution in [0.1, 0.15) is 33.3 Å². The lowest BCUT2D eigenvalue weighted by Gasteiger charge is -2.40. The van der Waals surface area contributed by atoms with Gasteiger partial charge in [-0.3, -0.25) is 0 Å². The van der Waals surface area contributed by atoms with E-state index in [-0.39, 0.29) is 0 Å². The predicted octanol–water partition coefficient (Wildman–Crippen LogP) is 10.8. The summed E-state index contributed by atoms with van der Waals surface area (Å²) in [6.45, 7) is 5.13. The van der Waals surface area contributed by atoms with E-state index in [2.05, 4.69) is 14.0 Å². The van der Waals surface area contributed by atoms with Gasteiger partial charge in [0.2, 0.25) is 69.8 Å². The summed E-state index contributed by atoms with van der Waals surface area (Å²) in [5.41, 5.74) is -8.09. The van der Waals surface area contributed by atoms with Crippen molar-refractivity contribution in [2.75, 3.05) is 0 Å². The summed E-state index contributed by atoms with van der Waals surface area (Å²) < 4.78 is 297. The zero-order valence-corrected chi connectivity index (χ0v) is 28.4. The minimum Gasteiger partial charge on any atom is -0.496 e. The number of benzene rings is 3. The van der Waals surface area contributed by atoms with Gasteiger partial charge in [-0.2, -0.15) is 22.0 Å². The molecule has 0 radical (unpaired) electrons. The van der Waals surface area contributed by atoms with Gasteiger partial charge in [0.1, 0.15) is 0 Å². The van der Waals surface area contributed by atoms with Crippen molar-refractivity contribution in [2.24, 2.45) is 0 Å². The van der Waals surface area contributed by atoms with Crippen LogP contribution in [0.3, 0.4) is 0 Å². The quantitative estimate of drug-likeness (QED) is 0.0834. The molecule has 0 spiro atoms. The Balaban J connectivity index is 2.14. The fourth-order valence-electron chi connectivity index (χ4n) is 5.13. The third-order valence-electron chi connectivity index (χ3n) is 7.70. The summed E-state index contributed by atoms with van der Waals surface area (Å²) in [7, 11) is -4.41. The van der Waals surface area contributed by atoms with Crippen LogP contribution in [0.5, 0.6) is 11.5 Å². The smallest absolute Gasteiger partial charge is 0.496 e. The lowest BCUT2D eigenvalue weighted by molar-refractivity contribution is -0.0665. The van der Waals surface area contributed by atoms with Crippen LogP contribution in [0.4, 0.5) is 83.4 Å². The normalized spacial score (nSPS) is 18.9. The second kappa shape index (κ2) is 15.5. The van der Waals surface area contributed by atoms with E-state index in [1.165, 1.54) is 27.7 Å². The van der Waals surface area contributed by atoms with E-state index >= 15 is 26.3 Å². The molecule has 3 aromatic carbocycles. The Morgan fingerprint density at radius 1 is 0.473 bits per heavy atom. The van der Waals surface area contributed by atoms with Crippen molar-refractivity contribution in [3.05, 3.63) is 116 Å². The second-order valence-electron chi connectivity index (χ2n) is 11.9. The van der Waals surface area contributed by atoms with Crippen LogP contribution in [0.25, 0.3) is 0 Å². The number of hydrogen-bond acceptors (Lipinski definition) is 4. The van der Waals surface area contributed by atoms with Crippen molar-refractivity contribution in [2.45, 2.75) is 48.7 Å². The van der Waals surface area contributed by atoms with Crippen LogP contribution >= 0.6 is 0 Å². The van der Waals surface area contributed by atoms with Crippen LogP contribution in [-0.4, -0.2) is 27.7 Å². The summed E-state index contributed by atoms with van der Waals surface area (Å²) in [5, 5.41) is 0. The molecule has 0 saturated heterocycles. The molecule has 0 unspecified atom stereocenters. The molecule has 0 N–H and O–H groups in total. The van der Waals surface area contributed by atoms with Gasteiger partial charge in [0.15, 0.2) is 52.0 Å². The van der Waals surface area contributed by atoms with Gasteiger partial charge in [-0.05, 0) is 6.07 Å². The summed E-state index contributed by atoms with van der Waals surface area (Å²) in [5.74, 6) is -67.0. The molecule has 1 aliphatic carbocycles. The molecular weight excluding hydrogens is 823 g/mol. The molecule has 0 saturated carbocycles. The summed E-state index contributed by atoms with van der Waals surface area (Å²) in [4.78, 5) is 0. The van der Waals surface area contributed by atoms with Crippen LogP contribution in [-0.2, 0) is 14.0 Å². The van der Waals surface area contributed by atoms with Crippen molar-refractivity contribution >= 4 is 21.8 Å². The van der Waals surface area contributed by atoms with Crippen molar-refractivity contribution in [1.82, 2.24) is 0 Å². The first kappa shape index (κ1) is 43.7. The van der Waals surface area contributed by atoms with E-state index in [9.17, 15) is 57.1 Å². The second-order valence-corrected chi connectivity index (χ2v) is 15.7. The van der Waals surface area contributed by atoms with Crippen molar-refractivity contribution in [3.8, 4) is 11.5 Å². The molecule has 0 atom stereocenters. The highest BCUT2D eigenvalue weighted by molar-refractivity contribution is 6.55. The fourth-order valence-corrected chi connectivity index (χ4v) is 7.80. The molecule has 0 aromatic heterocycles. The van der Waals surface area contributed by atoms with Crippen molar-refractivity contribution in [1.29, 1.82) is 0 Å². The molecule has 298 valence electrons. The van der Waals surface area contributed by atoms with Gasteiger partial charge in [-0.15, -0.1) is 0 Å². The first-order valence-electron chi connectivity index (χ1n) is 14.7. The summed E-state index contributed by atoms with van der Waals surface area (Å²) in [6.07, 6.45) is 0. The highest BCUT2D eigenvalue weighted by Crippen LogP contribution is 2.56. The molecule has 0 aliphatic heterocycles. The number of hydrogen-bond donors (Lipinski definition) is 0. The Kier molecular flexibility index (Phi) is 12.3. The third kappa shape index (κ3) is 7.01. The lowest BCUT2D eigenvalue weighted by atomic mass is 9.82. The molecule has 4 rings (SSSR count). The molecule has 0 fully saturated rings. The average Bonchev–Trinajstić information content (AvgIpc) is 3.14. The minimum atomic E-state index is -5.36. The fraction of sp³-hybridized carbons (Fsp3) is 0.267. The van der Waals surface area contributed by atoms with Crippen molar-refractivity contribution in [3.63, 3.8) is 0 Å². The Morgan fingerprint density at radius 3 is 1.15 bits per heavy atom. The molecule has 3 aromatic rings. The molecule has 1 aliphatic rings. The standard InChI is InChI=1S/C24HBF19O4.2C3H7.Al/c26-3-1-2(4(27)6(29)5(3)28)23(19(40)21(42)24(44,45)22(43)20(23)41)48-25(46-17-13(36)9(32)7(30)10(33)14(17)37)47-18-15(38)11(34)8(31)12(35)16(18)39;2*1-3-2;/h1H;2*3H,1-2H3;/q-1;;;+1. The van der Waals surface area contributed by atoms with Gasteiger partial charge in [-0.1, -0.05) is 37.3 Å². The van der Waals surface area contributed by atoms with E-state index < -0.39 is 171 Å². The molecule has 0 bridgehead atoms. The molecule has 0 heterocycles. The van der Waals surface area contributed by atoms with Gasteiger partial charge >= 0.3 is 21.8 Å². The molecule has 55 heavy (non-hydrogen) atoms. The van der Waals surface area contributed by atoms with E-state index in [0.29, 0.717) is 0 Å². The first-order valence-corrected chi connectivity index (χ1v) is 16.5. The molecule has 4 nitrogen and oxygen atoms in total. The third-order valence-corrected chi connectivity index (χ3v) is 10.9. The summed E-state index contributed by atoms with van der Waals surface area (Å²) in [6, 6.07) is -0.882. The Labute approximate surface area is 299 Å². The van der Waals surface area contributed by atoms with Gasteiger partial charge in [0.05, 0.1) is 0 Å². The maximum Gasteiger partial charge on any atom is 0.789 e. The first-order chi connectivity index (χ1) is 25.3. The number of alkyl halides is 1. The SMILES string of the molecule is C[CH](C)[Al]([O]C1(F)C(F)=C(F)C(OB(Oc2c(F)c(F)c(F)c(F)c2F)Oc2c(F)c(F)c(F)c(F)c2F)(c2cc(F)c(F)c(F)c2F)C(F)=C1F)[CH](C)C. The van der Waals surface area contributed by atoms with Gasteiger partial charge in [-0.25, -0.2) is 61.5 Å². The van der Waals surface area contributed by atoms with Crippen LogP contribution in [0.2, 0.25) is 9.56 Å². The highest BCUT2D eigenvalue weighted by Gasteiger charge is 2.65. The van der Waals surface area contributed by atoms with E-state index in [4.69, 9.17) is 3.79 Å². The highest BCUT2D eigenvalue weighted by atomic mass is 27.2. The predicted molar refractivity (Wildman–Crippen MR) is 148 cm³/mol. The number of halogens is 19. The van der Waals surface area contributed by atoms with E-state index in [1.54, 1.807) is 0 Å². The molecule has 25 heteroatoms. The van der Waals surface area contributed by atoms with E-state index in [0.717, 1.165) is 0 Å². The Bertz CT molecular complexity index is 1960. The monoisotopic (exact) mass is 838 g/mol. The zero-order chi connectivity index (χ0) is 42.0. The minimum absolute atomic E-state index is 0.839. The van der Waals surface area contributed by atoms with Crippen LogP contribution < -0.4 is 9.31 Å². The maximum atomic E-state index is 16.4. The van der Waals surface area contributed by atoms with E-state index in [1.807, 2.05) is 0 Å². The van der Waals surface area contributed by atoms with Crippen molar-refractivity contribution < 1.29 is 101 Å². The maximum absolute atomic E-state index is 16.4. The van der Waals surface area contributed by atoms with Gasteiger partial charge < -0.3 is 17.8 Å². The number of rotatable bonds is 11. The largest absolute Gasteiger partial charge is 0.789 e. The molecular formula is C30H15AlBF19O4. The molecule has 0 amide bonds. The average molecular weight is 838 g/mol.